The zero-order valence-electron chi connectivity index (χ0n) is 11.0. The maximum absolute atomic E-state index is 6.09. The van der Waals surface area contributed by atoms with Crippen molar-refractivity contribution in [1.29, 1.82) is 0 Å². The average molecular weight is 253 g/mol. The summed E-state index contributed by atoms with van der Waals surface area (Å²) in [6.45, 7) is 2.65. The van der Waals surface area contributed by atoms with Crippen molar-refractivity contribution in [2.24, 2.45) is 0 Å². The van der Waals surface area contributed by atoms with Gasteiger partial charge in [0.2, 0.25) is 0 Å². The summed E-state index contributed by atoms with van der Waals surface area (Å²) in [5.41, 5.74) is 2.60. The van der Waals surface area contributed by atoms with Gasteiger partial charge in [0, 0.05) is 19.0 Å². The molecule has 0 bridgehead atoms. The van der Waals surface area contributed by atoms with Crippen LogP contribution in [0, 0.1) is 0 Å². The number of hydrogen-bond donors (Lipinski definition) is 1. The van der Waals surface area contributed by atoms with Crippen LogP contribution in [0.15, 0.2) is 60.7 Å². The number of ether oxygens (including phenoxy) is 1. The van der Waals surface area contributed by atoms with Crippen LogP contribution in [0.1, 0.15) is 23.1 Å². The molecule has 1 saturated heterocycles. The average Bonchev–Trinajstić information content (AvgIpc) is 2.75. The Kier molecular flexibility index (Phi) is 3.92. The molecular weight excluding hydrogens is 234 g/mol. The Balaban J connectivity index is 1.94. The van der Waals surface area contributed by atoms with Crippen LogP contribution >= 0.6 is 0 Å². The van der Waals surface area contributed by atoms with Gasteiger partial charge in [0.25, 0.3) is 0 Å². The number of hydrogen-bond acceptors (Lipinski definition) is 2. The second-order valence-corrected chi connectivity index (χ2v) is 4.92. The minimum absolute atomic E-state index is 0.138. The van der Waals surface area contributed by atoms with E-state index < -0.39 is 0 Å². The van der Waals surface area contributed by atoms with Gasteiger partial charge in [-0.1, -0.05) is 60.7 Å². The molecule has 2 aromatic carbocycles. The van der Waals surface area contributed by atoms with Crippen LogP contribution in [0.2, 0.25) is 0 Å². The first-order valence-corrected chi connectivity index (χ1v) is 6.87. The van der Waals surface area contributed by atoms with Crippen LogP contribution in [-0.4, -0.2) is 19.7 Å². The van der Waals surface area contributed by atoms with Crippen molar-refractivity contribution in [1.82, 2.24) is 5.32 Å². The Hall–Kier alpha value is -1.64. The molecule has 2 atom stereocenters. The van der Waals surface area contributed by atoms with Crippen molar-refractivity contribution in [2.45, 2.75) is 12.0 Å². The topological polar surface area (TPSA) is 21.3 Å². The van der Waals surface area contributed by atoms with E-state index in [4.69, 9.17) is 4.74 Å². The fourth-order valence-electron chi connectivity index (χ4n) is 2.70. The van der Waals surface area contributed by atoms with Crippen LogP contribution < -0.4 is 5.32 Å². The van der Waals surface area contributed by atoms with Crippen molar-refractivity contribution in [3.63, 3.8) is 0 Å². The SMILES string of the molecule is c1ccc([C@H]2CNCCO[C@H]2c2ccccc2)cc1. The molecule has 0 spiro atoms. The molecule has 2 heteroatoms. The molecule has 1 aliphatic heterocycles. The zero-order valence-corrected chi connectivity index (χ0v) is 11.0. The van der Waals surface area contributed by atoms with E-state index in [0.717, 1.165) is 19.7 Å². The number of rotatable bonds is 2. The van der Waals surface area contributed by atoms with Gasteiger partial charge in [-0.05, 0) is 11.1 Å². The minimum atomic E-state index is 0.138. The lowest BCUT2D eigenvalue weighted by atomic mass is 9.89. The molecule has 1 heterocycles. The quantitative estimate of drug-likeness (QED) is 0.888. The summed E-state index contributed by atoms with van der Waals surface area (Å²) in [6.07, 6.45) is 0.138. The van der Waals surface area contributed by atoms with E-state index in [9.17, 15) is 0 Å². The van der Waals surface area contributed by atoms with Crippen molar-refractivity contribution in [3.8, 4) is 0 Å². The van der Waals surface area contributed by atoms with E-state index in [-0.39, 0.29) is 6.10 Å². The summed E-state index contributed by atoms with van der Waals surface area (Å²) in [7, 11) is 0. The molecule has 98 valence electrons. The zero-order chi connectivity index (χ0) is 12.9. The van der Waals surface area contributed by atoms with Crippen molar-refractivity contribution < 1.29 is 4.74 Å². The molecule has 2 aromatic rings. The summed E-state index contributed by atoms with van der Waals surface area (Å²) in [4.78, 5) is 0. The maximum atomic E-state index is 6.09. The van der Waals surface area contributed by atoms with Gasteiger partial charge in [-0.15, -0.1) is 0 Å². The lowest BCUT2D eigenvalue weighted by molar-refractivity contribution is 0.0515. The Morgan fingerprint density at radius 1 is 0.842 bits per heavy atom. The summed E-state index contributed by atoms with van der Waals surface area (Å²) < 4.78 is 6.09. The largest absolute Gasteiger partial charge is 0.372 e. The predicted octanol–water partition coefficient (Wildman–Crippen LogP) is 3.13. The van der Waals surface area contributed by atoms with E-state index in [1.807, 2.05) is 0 Å². The van der Waals surface area contributed by atoms with Crippen LogP contribution in [0.5, 0.6) is 0 Å². The van der Waals surface area contributed by atoms with Gasteiger partial charge < -0.3 is 10.1 Å². The molecule has 0 saturated carbocycles. The van der Waals surface area contributed by atoms with Crippen molar-refractivity contribution >= 4 is 0 Å². The standard InChI is InChI=1S/C17H19NO/c1-3-7-14(8-4-1)16-13-18-11-12-19-17(16)15-9-5-2-6-10-15/h1-10,16-18H,11-13H2/t16-,17+/m1/s1. The highest BCUT2D eigenvalue weighted by Crippen LogP contribution is 2.34. The lowest BCUT2D eigenvalue weighted by Crippen LogP contribution is -2.22. The predicted molar refractivity (Wildman–Crippen MR) is 77.2 cm³/mol. The monoisotopic (exact) mass is 253 g/mol. The van der Waals surface area contributed by atoms with E-state index in [2.05, 4.69) is 66.0 Å². The van der Waals surface area contributed by atoms with E-state index >= 15 is 0 Å². The van der Waals surface area contributed by atoms with E-state index in [1.165, 1.54) is 11.1 Å². The van der Waals surface area contributed by atoms with E-state index in [1.54, 1.807) is 0 Å². The van der Waals surface area contributed by atoms with Crippen LogP contribution in [-0.2, 0) is 4.74 Å². The Labute approximate surface area is 114 Å². The third-order valence-electron chi connectivity index (χ3n) is 3.66. The molecule has 1 fully saturated rings. The Morgan fingerprint density at radius 2 is 1.47 bits per heavy atom. The van der Waals surface area contributed by atoms with Crippen molar-refractivity contribution in [3.05, 3.63) is 71.8 Å². The van der Waals surface area contributed by atoms with Gasteiger partial charge in [-0.2, -0.15) is 0 Å². The fourth-order valence-corrected chi connectivity index (χ4v) is 2.70. The molecular formula is C17H19NO. The van der Waals surface area contributed by atoms with Gasteiger partial charge in [0.1, 0.15) is 0 Å². The molecule has 0 radical (unpaired) electrons. The summed E-state index contributed by atoms with van der Waals surface area (Å²) in [5.74, 6) is 0.367. The van der Waals surface area contributed by atoms with Gasteiger partial charge >= 0.3 is 0 Å². The Morgan fingerprint density at radius 3 is 2.16 bits per heavy atom. The van der Waals surface area contributed by atoms with Gasteiger partial charge in [-0.3, -0.25) is 0 Å². The third-order valence-corrected chi connectivity index (χ3v) is 3.66. The minimum Gasteiger partial charge on any atom is -0.372 e. The highest BCUT2D eigenvalue weighted by molar-refractivity contribution is 5.27. The van der Waals surface area contributed by atoms with Crippen molar-refractivity contribution in [2.75, 3.05) is 19.7 Å². The lowest BCUT2D eigenvalue weighted by Gasteiger charge is -2.25. The Bertz CT molecular complexity index is 450. The molecule has 0 aromatic heterocycles. The number of nitrogens with one attached hydrogen (secondary N) is 1. The molecule has 1 N–H and O–H groups in total. The maximum Gasteiger partial charge on any atom is 0.0906 e. The second-order valence-electron chi connectivity index (χ2n) is 4.92. The second kappa shape index (κ2) is 6.00. The molecule has 3 rings (SSSR count). The molecule has 1 aliphatic rings. The molecule has 0 amide bonds. The fraction of sp³-hybridized carbons (Fsp3) is 0.294. The first kappa shape index (κ1) is 12.4. The van der Waals surface area contributed by atoms with Gasteiger partial charge in [-0.25, -0.2) is 0 Å². The summed E-state index contributed by atoms with van der Waals surface area (Å²) in [6, 6.07) is 21.2. The highest BCUT2D eigenvalue weighted by atomic mass is 16.5. The van der Waals surface area contributed by atoms with Gasteiger partial charge in [0.05, 0.1) is 12.7 Å². The first-order valence-electron chi connectivity index (χ1n) is 6.87. The highest BCUT2D eigenvalue weighted by Gasteiger charge is 2.27. The normalized spacial score (nSPS) is 23.8. The summed E-state index contributed by atoms with van der Waals surface area (Å²) in [5, 5.41) is 3.47. The third kappa shape index (κ3) is 2.86. The molecule has 0 aliphatic carbocycles. The van der Waals surface area contributed by atoms with Crippen LogP contribution in [0.25, 0.3) is 0 Å². The first-order chi connectivity index (χ1) is 9.45. The van der Waals surface area contributed by atoms with Crippen LogP contribution in [0.3, 0.4) is 0 Å². The molecule has 2 nitrogen and oxygen atoms in total. The molecule has 19 heavy (non-hydrogen) atoms. The van der Waals surface area contributed by atoms with Crippen LogP contribution in [0.4, 0.5) is 0 Å². The number of benzene rings is 2. The van der Waals surface area contributed by atoms with E-state index in [0.29, 0.717) is 5.92 Å². The van der Waals surface area contributed by atoms with Gasteiger partial charge in [0.15, 0.2) is 0 Å². The smallest absolute Gasteiger partial charge is 0.0906 e. The summed E-state index contributed by atoms with van der Waals surface area (Å²) >= 11 is 0. The molecule has 0 unspecified atom stereocenters.